The van der Waals surface area contributed by atoms with Gasteiger partial charge in [-0.15, -0.1) is 0 Å². The number of aromatic nitrogens is 1. The molecule has 0 radical (unpaired) electrons. The molecule has 1 aromatic rings. The van der Waals surface area contributed by atoms with Gasteiger partial charge in [-0.2, -0.15) is 0 Å². The van der Waals surface area contributed by atoms with Crippen molar-refractivity contribution in [2.45, 2.75) is 20.8 Å². The van der Waals surface area contributed by atoms with E-state index in [0.717, 1.165) is 27.9 Å². The van der Waals surface area contributed by atoms with E-state index >= 15 is 0 Å². The molecule has 0 fully saturated rings. The molecule has 0 saturated carbocycles. The molecular formula is C22H25N. The molecule has 0 saturated heterocycles. The Kier molecular flexibility index (Phi) is 7.49. The van der Waals surface area contributed by atoms with Gasteiger partial charge in [0.2, 0.25) is 0 Å². The summed E-state index contributed by atoms with van der Waals surface area (Å²) < 4.78 is 0. The van der Waals surface area contributed by atoms with E-state index in [1.807, 2.05) is 37.4 Å². The fraction of sp³-hybridized carbons (Fsp3) is 0.136. The highest BCUT2D eigenvalue weighted by molar-refractivity contribution is 5.88. The van der Waals surface area contributed by atoms with Crippen LogP contribution in [0.15, 0.2) is 103 Å². The lowest BCUT2D eigenvalue weighted by molar-refractivity contribution is 1.28. The third kappa shape index (κ3) is 5.23. The van der Waals surface area contributed by atoms with Crippen molar-refractivity contribution < 1.29 is 0 Å². The van der Waals surface area contributed by atoms with Crippen LogP contribution >= 0.6 is 0 Å². The average Bonchev–Trinajstić information content (AvgIpc) is 2.53. The number of rotatable bonds is 7. The molecular weight excluding hydrogens is 278 g/mol. The van der Waals surface area contributed by atoms with Gasteiger partial charge in [-0.05, 0) is 43.6 Å². The molecule has 0 aliphatic heterocycles. The Bertz CT molecular complexity index is 691. The second kappa shape index (κ2) is 9.37. The van der Waals surface area contributed by atoms with Gasteiger partial charge in [0, 0.05) is 18.0 Å². The van der Waals surface area contributed by atoms with Crippen molar-refractivity contribution in [2.24, 2.45) is 0 Å². The molecule has 1 aromatic heterocycles. The first kappa shape index (κ1) is 18.4. The Morgan fingerprint density at radius 3 is 2.04 bits per heavy atom. The third-order valence-corrected chi connectivity index (χ3v) is 3.29. The Labute approximate surface area is 140 Å². The highest BCUT2D eigenvalue weighted by Gasteiger charge is 2.13. The number of nitrogens with zero attached hydrogens (tertiary/aromatic N) is 1. The van der Waals surface area contributed by atoms with Crippen LogP contribution in [0.25, 0.3) is 5.57 Å². The fourth-order valence-electron chi connectivity index (χ4n) is 2.23. The lowest BCUT2D eigenvalue weighted by Crippen LogP contribution is -1.97. The summed E-state index contributed by atoms with van der Waals surface area (Å²) in [5.74, 6) is 0. The number of hydrogen-bond acceptors (Lipinski definition) is 1. The van der Waals surface area contributed by atoms with Crippen molar-refractivity contribution in [2.75, 3.05) is 0 Å². The summed E-state index contributed by atoms with van der Waals surface area (Å²) in [6.45, 7) is 17.9. The van der Waals surface area contributed by atoms with Crippen LogP contribution in [0.5, 0.6) is 0 Å². The van der Waals surface area contributed by atoms with Gasteiger partial charge in [0.1, 0.15) is 0 Å². The molecule has 0 spiro atoms. The zero-order valence-corrected chi connectivity index (χ0v) is 14.3. The first-order valence-electron chi connectivity index (χ1n) is 7.59. The number of hydrogen-bond donors (Lipinski definition) is 0. The Balaban J connectivity index is 3.80. The van der Waals surface area contributed by atoms with Crippen LogP contribution in [-0.4, -0.2) is 4.98 Å². The van der Waals surface area contributed by atoms with E-state index in [2.05, 4.69) is 50.7 Å². The standard InChI is InChI=1S/C22H25N/c1-7-9-13-20(17(3)4)22(19-12-11-15-23-16-19)21(18(5)6)14-10-8-2/h7-16H,1-3H2,4-6H3/b13-9-,14-10-,22-20-. The molecule has 1 rings (SSSR count). The molecule has 0 aliphatic rings. The highest BCUT2D eigenvalue weighted by Crippen LogP contribution is 2.33. The third-order valence-electron chi connectivity index (χ3n) is 3.29. The smallest absolute Gasteiger partial charge is 0.0346 e. The van der Waals surface area contributed by atoms with Crippen LogP contribution in [0.2, 0.25) is 0 Å². The van der Waals surface area contributed by atoms with Crippen molar-refractivity contribution in [3.63, 3.8) is 0 Å². The van der Waals surface area contributed by atoms with Crippen LogP contribution in [0.4, 0.5) is 0 Å². The quantitative estimate of drug-likeness (QED) is 0.544. The normalized spacial score (nSPS) is 12.1. The van der Waals surface area contributed by atoms with Gasteiger partial charge in [-0.25, -0.2) is 0 Å². The van der Waals surface area contributed by atoms with E-state index in [1.165, 1.54) is 5.57 Å². The molecule has 0 unspecified atom stereocenters. The summed E-state index contributed by atoms with van der Waals surface area (Å²) in [7, 11) is 0. The second-order valence-electron chi connectivity index (χ2n) is 5.41. The average molecular weight is 303 g/mol. The van der Waals surface area contributed by atoms with Crippen LogP contribution in [0.3, 0.4) is 0 Å². The second-order valence-corrected chi connectivity index (χ2v) is 5.41. The summed E-state index contributed by atoms with van der Waals surface area (Å²) in [5, 5.41) is 0. The van der Waals surface area contributed by atoms with E-state index in [1.54, 1.807) is 18.3 Å². The maximum absolute atomic E-state index is 4.27. The summed E-state index contributed by atoms with van der Waals surface area (Å²) in [4.78, 5) is 4.27. The number of pyridine rings is 1. The maximum Gasteiger partial charge on any atom is 0.0346 e. The monoisotopic (exact) mass is 303 g/mol. The van der Waals surface area contributed by atoms with Crippen molar-refractivity contribution in [3.05, 3.63) is 109 Å². The molecule has 118 valence electrons. The Hall–Kier alpha value is -2.67. The molecule has 0 amide bonds. The van der Waals surface area contributed by atoms with Gasteiger partial charge >= 0.3 is 0 Å². The minimum atomic E-state index is 0.993. The van der Waals surface area contributed by atoms with Gasteiger partial charge in [0.15, 0.2) is 0 Å². The molecule has 1 heterocycles. The minimum absolute atomic E-state index is 0.993. The van der Waals surface area contributed by atoms with Gasteiger partial charge < -0.3 is 0 Å². The zero-order valence-electron chi connectivity index (χ0n) is 14.3. The summed E-state index contributed by atoms with van der Waals surface area (Å²) >= 11 is 0. The summed E-state index contributed by atoms with van der Waals surface area (Å²) in [5.41, 5.74) is 6.60. The molecule has 0 N–H and O–H groups in total. The van der Waals surface area contributed by atoms with Crippen molar-refractivity contribution in [1.29, 1.82) is 0 Å². The van der Waals surface area contributed by atoms with Crippen molar-refractivity contribution in [3.8, 4) is 0 Å². The number of allylic oxidation sites excluding steroid dienone is 11. The van der Waals surface area contributed by atoms with Crippen LogP contribution < -0.4 is 0 Å². The fourth-order valence-corrected chi connectivity index (χ4v) is 2.23. The highest BCUT2D eigenvalue weighted by atomic mass is 14.6. The first-order valence-corrected chi connectivity index (χ1v) is 7.59. The molecule has 1 nitrogen and oxygen atoms in total. The lowest BCUT2D eigenvalue weighted by Gasteiger charge is -2.16. The Morgan fingerprint density at radius 1 is 1.00 bits per heavy atom. The molecule has 0 aromatic carbocycles. The SMILES string of the molecule is C=C/C=C\C(=C(C)C)/C(=C(/C=C\C=C)C(=C)C)c1cccnc1. The largest absolute Gasteiger partial charge is 0.264 e. The predicted molar refractivity (Wildman–Crippen MR) is 103 cm³/mol. The van der Waals surface area contributed by atoms with Crippen LogP contribution in [-0.2, 0) is 0 Å². The van der Waals surface area contributed by atoms with Gasteiger partial charge in [0.05, 0.1) is 0 Å². The van der Waals surface area contributed by atoms with Gasteiger partial charge in [0.25, 0.3) is 0 Å². The predicted octanol–water partition coefficient (Wildman–Crippen LogP) is 6.23. The van der Waals surface area contributed by atoms with E-state index in [-0.39, 0.29) is 0 Å². The summed E-state index contributed by atoms with van der Waals surface area (Å²) in [6, 6.07) is 4.01. The van der Waals surface area contributed by atoms with E-state index in [9.17, 15) is 0 Å². The topological polar surface area (TPSA) is 12.9 Å². The molecule has 0 atom stereocenters. The maximum atomic E-state index is 4.27. The van der Waals surface area contributed by atoms with Crippen LogP contribution in [0.1, 0.15) is 26.3 Å². The van der Waals surface area contributed by atoms with Crippen LogP contribution in [0, 0.1) is 0 Å². The van der Waals surface area contributed by atoms with Crippen molar-refractivity contribution >= 4 is 5.57 Å². The molecule has 1 heteroatoms. The van der Waals surface area contributed by atoms with E-state index in [4.69, 9.17) is 0 Å². The molecule has 23 heavy (non-hydrogen) atoms. The molecule has 0 bridgehead atoms. The van der Waals surface area contributed by atoms with Gasteiger partial charge in [-0.3, -0.25) is 4.98 Å². The van der Waals surface area contributed by atoms with E-state index in [0.29, 0.717) is 0 Å². The van der Waals surface area contributed by atoms with Gasteiger partial charge in [-0.1, -0.05) is 73.4 Å². The first-order chi connectivity index (χ1) is 11.0. The zero-order chi connectivity index (χ0) is 17.2. The summed E-state index contributed by atoms with van der Waals surface area (Å²) in [6.07, 6.45) is 15.2. The minimum Gasteiger partial charge on any atom is -0.264 e. The van der Waals surface area contributed by atoms with E-state index < -0.39 is 0 Å². The molecule has 0 aliphatic carbocycles. The van der Waals surface area contributed by atoms with Crippen molar-refractivity contribution in [1.82, 2.24) is 4.98 Å². The lowest BCUT2D eigenvalue weighted by atomic mass is 9.88. The Morgan fingerprint density at radius 2 is 1.61 bits per heavy atom.